The molecule has 2 rings (SSSR count). The van der Waals surface area contributed by atoms with E-state index >= 15 is 0 Å². The maximum absolute atomic E-state index is 12.6. The summed E-state index contributed by atoms with van der Waals surface area (Å²) in [7, 11) is 0. The summed E-state index contributed by atoms with van der Waals surface area (Å²) in [5, 5.41) is 0.686. The van der Waals surface area contributed by atoms with Crippen molar-refractivity contribution in [3.05, 3.63) is 37.8 Å². The zero-order chi connectivity index (χ0) is 14.0. The minimum absolute atomic E-state index is 0.00606. The SMILES string of the molecule is CCCC(CC)n1c(=S)[nH]c2cc(Br)ccc2c1=O. The molecule has 3 nitrogen and oxygen atoms in total. The monoisotopic (exact) mass is 340 g/mol. The zero-order valence-corrected chi connectivity index (χ0v) is 13.5. The Morgan fingerprint density at radius 3 is 2.79 bits per heavy atom. The zero-order valence-electron chi connectivity index (χ0n) is 11.1. The molecule has 0 fully saturated rings. The normalized spacial score (nSPS) is 12.8. The average molecular weight is 341 g/mol. The lowest BCUT2D eigenvalue weighted by atomic mass is 10.1. The van der Waals surface area contributed by atoms with Crippen molar-refractivity contribution in [2.75, 3.05) is 0 Å². The van der Waals surface area contributed by atoms with E-state index in [1.165, 1.54) is 0 Å². The number of nitrogens with zero attached hydrogens (tertiary/aromatic N) is 1. The first kappa shape index (κ1) is 14.5. The second-order valence-corrected chi connectivity index (χ2v) is 5.95. The number of nitrogens with one attached hydrogen (secondary N) is 1. The predicted molar refractivity (Wildman–Crippen MR) is 85.3 cm³/mol. The summed E-state index contributed by atoms with van der Waals surface area (Å²) in [6.07, 6.45) is 2.92. The van der Waals surface area contributed by atoms with Crippen LogP contribution in [0.3, 0.4) is 0 Å². The van der Waals surface area contributed by atoms with Crippen LogP contribution in [0.1, 0.15) is 39.2 Å². The van der Waals surface area contributed by atoms with Crippen molar-refractivity contribution in [3.63, 3.8) is 0 Å². The maximum Gasteiger partial charge on any atom is 0.262 e. The van der Waals surface area contributed by atoms with E-state index in [0.29, 0.717) is 10.2 Å². The molecule has 1 N–H and O–H groups in total. The van der Waals surface area contributed by atoms with Crippen LogP contribution in [-0.4, -0.2) is 9.55 Å². The van der Waals surface area contributed by atoms with Crippen molar-refractivity contribution in [1.82, 2.24) is 9.55 Å². The molecule has 0 aliphatic heterocycles. The Morgan fingerprint density at radius 1 is 1.42 bits per heavy atom. The Morgan fingerprint density at radius 2 is 2.16 bits per heavy atom. The minimum atomic E-state index is 0.00606. The summed E-state index contributed by atoms with van der Waals surface area (Å²) < 4.78 is 3.18. The fourth-order valence-corrected chi connectivity index (χ4v) is 3.09. The number of fused-ring (bicyclic) bond motifs is 1. The summed E-state index contributed by atoms with van der Waals surface area (Å²) >= 11 is 8.76. The van der Waals surface area contributed by atoms with Crippen molar-refractivity contribution in [3.8, 4) is 0 Å². The van der Waals surface area contributed by atoms with Crippen molar-refractivity contribution >= 4 is 39.1 Å². The van der Waals surface area contributed by atoms with E-state index in [-0.39, 0.29) is 11.6 Å². The molecule has 1 atom stereocenters. The number of benzene rings is 1. The molecule has 102 valence electrons. The molecule has 0 aliphatic rings. The first-order valence-corrected chi connectivity index (χ1v) is 7.72. The van der Waals surface area contributed by atoms with E-state index in [2.05, 4.69) is 34.8 Å². The smallest absolute Gasteiger partial charge is 0.262 e. The summed E-state index contributed by atoms with van der Waals surface area (Å²) in [4.78, 5) is 15.8. The molecule has 0 spiro atoms. The van der Waals surface area contributed by atoms with Crippen molar-refractivity contribution in [2.45, 2.75) is 39.2 Å². The van der Waals surface area contributed by atoms with Gasteiger partial charge in [-0.25, -0.2) is 0 Å². The molecular weight excluding hydrogens is 324 g/mol. The molecule has 19 heavy (non-hydrogen) atoms. The second kappa shape index (κ2) is 6.01. The number of aromatic nitrogens is 2. The average Bonchev–Trinajstić information content (AvgIpc) is 2.37. The van der Waals surface area contributed by atoms with Gasteiger partial charge in [0, 0.05) is 10.5 Å². The summed E-state index contributed by atoms with van der Waals surface area (Å²) in [5.41, 5.74) is 0.790. The predicted octanol–water partition coefficient (Wildman–Crippen LogP) is 4.57. The highest BCUT2D eigenvalue weighted by Gasteiger charge is 2.13. The lowest BCUT2D eigenvalue weighted by molar-refractivity contribution is 0.429. The van der Waals surface area contributed by atoms with Crippen LogP contribution >= 0.6 is 28.1 Å². The number of halogens is 1. The van der Waals surface area contributed by atoms with Gasteiger partial charge in [-0.1, -0.05) is 36.2 Å². The quantitative estimate of drug-likeness (QED) is 0.827. The minimum Gasteiger partial charge on any atom is -0.332 e. The first-order chi connectivity index (χ1) is 9.08. The van der Waals surface area contributed by atoms with Gasteiger partial charge >= 0.3 is 0 Å². The molecule has 2 aromatic rings. The van der Waals surface area contributed by atoms with Crippen LogP contribution in [-0.2, 0) is 0 Å². The van der Waals surface area contributed by atoms with Gasteiger partial charge in [0.2, 0.25) is 0 Å². The van der Waals surface area contributed by atoms with Gasteiger partial charge in [-0.05, 0) is 43.3 Å². The molecule has 0 bridgehead atoms. The summed E-state index contributed by atoms with van der Waals surface area (Å²) in [6, 6.07) is 5.78. The van der Waals surface area contributed by atoms with Gasteiger partial charge in [0.25, 0.3) is 5.56 Å². The van der Waals surface area contributed by atoms with Gasteiger partial charge in [0.05, 0.1) is 10.9 Å². The third-order valence-corrected chi connectivity index (χ3v) is 4.14. The summed E-state index contributed by atoms with van der Waals surface area (Å²) in [6.45, 7) is 4.21. The van der Waals surface area contributed by atoms with E-state index in [4.69, 9.17) is 12.2 Å². The largest absolute Gasteiger partial charge is 0.332 e. The Kier molecular flexibility index (Phi) is 4.58. The molecule has 0 radical (unpaired) electrons. The number of H-pyrrole nitrogens is 1. The molecule has 0 saturated carbocycles. The van der Waals surface area contributed by atoms with Crippen molar-refractivity contribution in [1.29, 1.82) is 0 Å². The van der Waals surface area contributed by atoms with Crippen molar-refractivity contribution in [2.24, 2.45) is 0 Å². The third kappa shape index (κ3) is 2.82. The molecule has 0 saturated heterocycles. The Balaban J connectivity index is 2.72. The van der Waals surface area contributed by atoms with Crippen LogP contribution in [0.2, 0.25) is 0 Å². The topological polar surface area (TPSA) is 37.8 Å². The molecule has 1 aromatic carbocycles. The lowest BCUT2D eigenvalue weighted by Gasteiger charge is -2.18. The maximum atomic E-state index is 12.6. The van der Waals surface area contributed by atoms with E-state index < -0.39 is 0 Å². The number of aromatic amines is 1. The van der Waals surface area contributed by atoms with Gasteiger partial charge in [-0.2, -0.15) is 0 Å². The number of hydrogen-bond acceptors (Lipinski definition) is 2. The van der Waals surface area contributed by atoms with Crippen LogP contribution in [0, 0.1) is 4.77 Å². The lowest BCUT2D eigenvalue weighted by Crippen LogP contribution is -2.26. The van der Waals surface area contributed by atoms with Gasteiger partial charge < -0.3 is 4.98 Å². The van der Waals surface area contributed by atoms with Crippen LogP contribution in [0.15, 0.2) is 27.5 Å². The molecular formula is C14H17BrN2OS. The van der Waals surface area contributed by atoms with Gasteiger partial charge in [-0.15, -0.1) is 0 Å². The molecule has 5 heteroatoms. The molecule has 0 aliphatic carbocycles. The Bertz CT molecular complexity index is 705. The first-order valence-electron chi connectivity index (χ1n) is 6.52. The molecule has 0 amide bonds. The molecule has 1 unspecified atom stereocenters. The van der Waals surface area contributed by atoms with E-state index in [9.17, 15) is 4.79 Å². The third-order valence-electron chi connectivity index (χ3n) is 3.35. The van der Waals surface area contributed by atoms with Crippen LogP contribution in [0.5, 0.6) is 0 Å². The van der Waals surface area contributed by atoms with Crippen molar-refractivity contribution < 1.29 is 0 Å². The Hall–Kier alpha value is -0.940. The standard InChI is InChI=1S/C14H17BrN2OS/c1-3-5-10(4-2)17-13(18)11-7-6-9(15)8-12(11)16-14(17)19/h6-8,10H,3-5H2,1-2H3,(H,16,19). The van der Waals surface area contributed by atoms with Crippen LogP contribution in [0.25, 0.3) is 10.9 Å². The van der Waals surface area contributed by atoms with Gasteiger partial charge in [-0.3, -0.25) is 9.36 Å². The van der Waals surface area contributed by atoms with Crippen LogP contribution < -0.4 is 5.56 Å². The molecule has 1 heterocycles. The summed E-state index contributed by atoms with van der Waals surface area (Å²) in [5.74, 6) is 0. The second-order valence-electron chi connectivity index (χ2n) is 4.65. The van der Waals surface area contributed by atoms with E-state index in [1.807, 2.05) is 18.2 Å². The van der Waals surface area contributed by atoms with E-state index in [1.54, 1.807) is 4.57 Å². The Labute approximate surface area is 125 Å². The number of rotatable bonds is 4. The van der Waals surface area contributed by atoms with Crippen LogP contribution in [0.4, 0.5) is 0 Å². The van der Waals surface area contributed by atoms with Gasteiger partial charge in [0.1, 0.15) is 0 Å². The highest BCUT2D eigenvalue weighted by Crippen LogP contribution is 2.19. The highest BCUT2D eigenvalue weighted by atomic mass is 79.9. The van der Waals surface area contributed by atoms with Gasteiger partial charge in [0.15, 0.2) is 4.77 Å². The highest BCUT2D eigenvalue weighted by molar-refractivity contribution is 9.10. The number of hydrogen-bond donors (Lipinski definition) is 1. The van der Waals surface area contributed by atoms with E-state index in [0.717, 1.165) is 29.3 Å². The fourth-order valence-electron chi connectivity index (χ4n) is 2.38. The molecule has 1 aromatic heterocycles. The fraction of sp³-hybridized carbons (Fsp3) is 0.429.